The highest BCUT2D eigenvalue weighted by molar-refractivity contribution is 6.08. The third-order valence-corrected chi connectivity index (χ3v) is 2.21. The predicted molar refractivity (Wildman–Crippen MR) is 57.2 cm³/mol. The van der Waals surface area contributed by atoms with Crippen molar-refractivity contribution in [3.8, 4) is 5.75 Å². The van der Waals surface area contributed by atoms with Crippen molar-refractivity contribution in [1.29, 1.82) is 0 Å². The predicted octanol–water partition coefficient (Wildman–Crippen LogP) is 2.10. The van der Waals surface area contributed by atoms with E-state index in [0.29, 0.717) is 17.6 Å². The van der Waals surface area contributed by atoms with Crippen LogP contribution in [0, 0.1) is 5.41 Å². The fourth-order valence-corrected chi connectivity index (χ4v) is 1.19. The van der Waals surface area contributed by atoms with E-state index in [9.17, 15) is 9.59 Å². The Hall–Kier alpha value is -1.64. The molecule has 0 bridgehead atoms. The Balaban J connectivity index is 3.06. The van der Waals surface area contributed by atoms with E-state index in [1.807, 2.05) is 0 Å². The molecule has 0 saturated carbocycles. The molecule has 1 rings (SSSR count). The minimum Gasteiger partial charge on any atom is -0.497 e. The summed E-state index contributed by atoms with van der Waals surface area (Å²) in [6.07, 6.45) is 0.662. The smallest absolute Gasteiger partial charge is 0.175 e. The maximum absolute atomic E-state index is 11.9. The molecule has 0 N–H and O–H groups in total. The summed E-state index contributed by atoms with van der Waals surface area (Å²) in [4.78, 5) is 22.6. The summed E-state index contributed by atoms with van der Waals surface area (Å²) in [5.74, 6) is 0.416. The lowest BCUT2D eigenvalue weighted by Crippen LogP contribution is -2.25. The lowest BCUT2D eigenvalue weighted by atomic mass is 9.86. The molecule has 0 amide bonds. The van der Waals surface area contributed by atoms with Gasteiger partial charge in [0.25, 0.3) is 0 Å². The van der Waals surface area contributed by atoms with Gasteiger partial charge in [0.2, 0.25) is 0 Å². The van der Waals surface area contributed by atoms with Gasteiger partial charge in [-0.15, -0.1) is 0 Å². The zero-order chi connectivity index (χ0) is 11.5. The normalized spacial score (nSPS) is 10.9. The summed E-state index contributed by atoms with van der Waals surface area (Å²) >= 11 is 0. The van der Waals surface area contributed by atoms with Gasteiger partial charge in [-0.2, -0.15) is 0 Å². The van der Waals surface area contributed by atoms with Crippen molar-refractivity contribution in [3.05, 3.63) is 29.8 Å². The van der Waals surface area contributed by atoms with Crippen molar-refractivity contribution in [3.63, 3.8) is 0 Å². The highest BCUT2D eigenvalue weighted by Gasteiger charge is 2.28. The Morgan fingerprint density at radius 1 is 1.40 bits per heavy atom. The van der Waals surface area contributed by atoms with Gasteiger partial charge in [0, 0.05) is 5.56 Å². The van der Waals surface area contributed by atoms with Crippen molar-refractivity contribution in [1.82, 2.24) is 0 Å². The number of carbonyl (C=O) groups excluding carboxylic acids is 2. The fourth-order valence-electron chi connectivity index (χ4n) is 1.19. The van der Waals surface area contributed by atoms with Gasteiger partial charge in [-0.3, -0.25) is 4.79 Å². The van der Waals surface area contributed by atoms with Gasteiger partial charge < -0.3 is 9.53 Å². The Morgan fingerprint density at radius 2 is 2.07 bits per heavy atom. The first-order valence-corrected chi connectivity index (χ1v) is 4.66. The van der Waals surface area contributed by atoms with Crippen LogP contribution >= 0.6 is 0 Å². The molecule has 0 aliphatic rings. The van der Waals surface area contributed by atoms with E-state index >= 15 is 0 Å². The van der Waals surface area contributed by atoms with Crippen LogP contribution < -0.4 is 4.74 Å². The van der Waals surface area contributed by atoms with Crippen LogP contribution in [-0.2, 0) is 4.79 Å². The summed E-state index contributed by atoms with van der Waals surface area (Å²) in [6, 6.07) is 6.79. The number of rotatable bonds is 4. The Kier molecular flexibility index (Phi) is 3.24. The minimum atomic E-state index is -0.980. The van der Waals surface area contributed by atoms with Gasteiger partial charge in [0.15, 0.2) is 5.78 Å². The fraction of sp³-hybridized carbons (Fsp3) is 0.333. The zero-order valence-corrected chi connectivity index (χ0v) is 9.11. The molecule has 0 radical (unpaired) electrons. The van der Waals surface area contributed by atoms with Gasteiger partial charge in [-0.05, 0) is 26.0 Å². The van der Waals surface area contributed by atoms with E-state index in [0.717, 1.165) is 0 Å². The molecule has 0 spiro atoms. The quantitative estimate of drug-likeness (QED) is 0.430. The van der Waals surface area contributed by atoms with Crippen molar-refractivity contribution < 1.29 is 14.3 Å². The molecular formula is C12H14O3. The van der Waals surface area contributed by atoms with Crippen molar-refractivity contribution >= 4 is 12.1 Å². The van der Waals surface area contributed by atoms with Gasteiger partial charge >= 0.3 is 0 Å². The van der Waals surface area contributed by atoms with Crippen LogP contribution in [-0.4, -0.2) is 19.2 Å². The number of hydrogen-bond donors (Lipinski definition) is 0. The van der Waals surface area contributed by atoms with Crippen LogP contribution in [0.1, 0.15) is 24.2 Å². The molecule has 0 aliphatic heterocycles. The number of aldehydes is 1. The molecule has 3 nitrogen and oxygen atoms in total. The SMILES string of the molecule is COc1cccc(C(=O)C(C)(C)C=O)c1. The second-order valence-corrected chi connectivity index (χ2v) is 3.90. The molecule has 0 unspecified atom stereocenters. The Bertz CT molecular complexity index is 380. The van der Waals surface area contributed by atoms with E-state index in [1.165, 1.54) is 7.11 Å². The van der Waals surface area contributed by atoms with Crippen LogP contribution in [0.15, 0.2) is 24.3 Å². The zero-order valence-electron chi connectivity index (χ0n) is 9.11. The molecule has 0 fully saturated rings. The van der Waals surface area contributed by atoms with E-state index in [2.05, 4.69) is 0 Å². The number of hydrogen-bond acceptors (Lipinski definition) is 3. The van der Waals surface area contributed by atoms with E-state index in [1.54, 1.807) is 38.1 Å². The van der Waals surface area contributed by atoms with Crippen LogP contribution in [0.4, 0.5) is 0 Å². The monoisotopic (exact) mass is 206 g/mol. The molecule has 1 aromatic carbocycles. The second-order valence-electron chi connectivity index (χ2n) is 3.90. The minimum absolute atomic E-state index is 0.198. The molecule has 15 heavy (non-hydrogen) atoms. The molecule has 0 aromatic heterocycles. The van der Waals surface area contributed by atoms with Crippen LogP contribution in [0.25, 0.3) is 0 Å². The van der Waals surface area contributed by atoms with Crippen molar-refractivity contribution in [2.75, 3.05) is 7.11 Å². The number of Topliss-reactive ketones (excluding diaryl/α,β-unsaturated/α-hetero) is 1. The molecule has 0 aliphatic carbocycles. The third kappa shape index (κ3) is 2.43. The summed E-state index contributed by atoms with van der Waals surface area (Å²) in [5, 5.41) is 0. The van der Waals surface area contributed by atoms with E-state index in [-0.39, 0.29) is 5.78 Å². The Morgan fingerprint density at radius 3 is 2.60 bits per heavy atom. The number of benzene rings is 1. The number of methoxy groups -OCH3 is 1. The number of ether oxygens (including phenoxy) is 1. The molecule has 3 heteroatoms. The lowest BCUT2D eigenvalue weighted by Gasteiger charge is -2.15. The number of carbonyl (C=O) groups is 2. The first kappa shape index (κ1) is 11.4. The largest absolute Gasteiger partial charge is 0.497 e. The van der Waals surface area contributed by atoms with Crippen molar-refractivity contribution in [2.24, 2.45) is 5.41 Å². The molecule has 1 aromatic rings. The highest BCUT2D eigenvalue weighted by Crippen LogP contribution is 2.21. The molecule has 0 saturated heterocycles. The van der Waals surface area contributed by atoms with Crippen LogP contribution in [0.2, 0.25) is 0 Å². The summed E-state index contributed by atoms with van der Waals surface area (Å²) in [7, 11) is 1.54. The molecule has 0 heterocycles. The van der Waals surface area contributed by atoms with Gasteiger partial charge in [-0.1, -0.05) is 12.1 Å². The molecule has 80 valence electrons. The topological polar surface area (TPSA) is 43.4 Å². The summed E-state index contributed by atoms with van der Waals surface area (Å²) < 4.78 is 5.01. The molecule has 0 atom stereocenters. The average molecular weight is 206 g/mol. The van der Waals surface area contributed by atoms with Gasteiger partial charge in [-0.25, -0.2) is 0 Å². The van der Waals surface area contributed by atoms with Gasteiger partial charge in [0.05, 0.1) is 12.5 Å². The maximum Gasteiger partial charge on any atom is 0.175 e. The summed E-state index contributed by atoms with van der Waals surface area (Å²) in [6.45, 7) is 3.20. The highest BCUT2D eigenvalue weighted by atomic mass is 16.5. The first-order chi connectivity index (χ1) is 7.01. The van der Waals surface area contributed by atoms with Crippen LogP contribution in [0.5, 0.6) is 5.75 Å². The van der Waals surface area contributed by atoms with Crippen molar-refractivity contribution in [2.45, 2.75) is 13.8 Å². The Labute approximate surface area is 89.1 Å². The van der Waals surface area contributed by atoms with Crippen LogP contribution in [0.3, 0.4) is 0 Å². The second kappa shape index (κ2) is 4.26. The third-order valence-electron chi connectivity index (χ3n) is 2.21. The average Bonchev–Trinajstić information content (AvgIpc) is 2.28. The number of ketones is 1. The summed E-state index contributed by atoms with van der Waals surface area (Å²) in [5.41, 5.74) is -0.488. The first-order valence-electron chi connectivity index (χ1n) is 4.66. The van der Waals surface area contributed by atoms with E-state index < -0.39 is 5.41 Å². The van der Waals surface area contributed by atoms with E-state index in [4.69, 9.17) is 4.74 Å². The van der Waals surface area contributed by atoms with Gasteiger partial charge in [0.1, 0.15) is 12.0 Å². The standard InChI is InChI=1S/C12H14O3/c1-12(2,8-13)11(14)9-5-4-6-10(7-9)15-3/h4-8H,1-3H3. The lowest BCUT2D eigenvalue weighted by molar-refractivity contribution is -0.112. The maximum atomic E-state index is 11.9. The molecular weight excluding hydrogens is 192 g/mol.